The minimum atomic E-state index is -1.52. The number of unbranched alkanes of at least 4 members (excludes halogenated alkanes) is 11. The summed E-state index contributed by atoms with van der Waals surface area (Å²) in [6, 6.07) is 9.76. The number of oxime groups is 1. The zero-order valence-corrected chi connectivity index (χ0v) is 38.0. The first-order valence-corrected chi connectivity index (χ1v) is 23.4. The molecular weight excluding hydrogens is 821 g/mol. The van der Waals surface area contributed by atoms with Crippen LogP contribution in [0.15, 0.2) is 71.9 Å². The lowest BCUT2D eigenvalue weighted by Crippen LogP contribution is -2.69. The van der Waals surface area contributed by atoms with Crippen LogP contribution in [0.2, 0.25) is 0 Å². The maximum atomic E-state index is 14.1. The molecule has 2 amide bonds. The van der Waals surface area contributed by atoms with E-state index < -0.39 is 34.9 Å². The van der Waals surface area contributed by atoms with Crippen molar-refractivity contribution in [1.29, 1.82) is 0 Å². The Balaban J connectivity index is 1.49. The second-order valence-corrected chi connectivity index (χ2v) is 17.2. The maximum absolute atomic E-state index is 14.1. The van der Waals surface area contributed by atoms with E-state index in [1.807, 2.05) is 6.07 Å². The number of nitro groups is 1. The average Bonchev–Trinajstić information content (AvgIpc) is 3.29. The molecule has 0 bridgehead atoms. The number of nitro benzene ring substituents is 1. The highest BCUT2D eigenvalue weighted by molar-refractivity contribution is 6.03. The van der Waals surface area contributed by atoms with Crippen LogP contribution in [0.4, 0.5) is 15.3 Å². The van der Waals surface area contributed by atoms with Gasteiger partial charge in [-0.15, -0.1) is 6.58 Å². The fourth-order valence-electron chi connectivity index (χ4n) is 9.78. The molecule has 352 valence electrons. The zero-order valence-electron chi connectivity index (χ0n) is 38.0. The second-order valence-electron chi connectivity index (χ2n) is 17.2. The van der Waals surface area contributed by atoms with Crippen molar-refractivity contribution in [3.63, 3.8) is 0 Å². The molecule has 2 aliphatic carbocycles. The summed E-state index contributed by atoms with van der Waals surface area (Å²) >= 11 is 0. The van der Waals surface area contributed by atoms with Crippen LogP contribution in [0.5, 0.6) is 17.2 Å². The van der Waals surface area contributed by atoms with Gasteiger partial charge in [-0.2, -0.15) is 0 Å². The molecule has 64 heavy (non-hydrogen) atoms. The van der Waals surface area contributed by atoms with Crippen LogP contribution in [0.1, 0.15) is 128 Å². The molecule has 1 heterocycles. The number of carbonyl (C=O) groups excluding carboxylic acids is 2. The number of allylic oxidation sites excluding steroid dienone is 1. The first-order chi connectivity index (χ1) is 31.1. The van der Waals surface area contributed by atoms with Gasteiger partial charge in [0.25, 0.3) is 5.69 Å². The molecule has 5 rings (SSSR count). The lowest BCUT2D eigenvalue weighted by molar-refractivity contribution is -0.384. The van der Waals surface area contributed by atoms with Gasteiger partial charge >= 0.3 is 12.2 Å². The number of non-ortho nitro benzene ring substituents is 1. The Kier molecular flexibility index (Phi) is 19.9. The summed E-state index contributed by atoms with van der Waals surface area (Å²) in [6.07, 6.45) is 19.0. The number of fused-ring (bicyclic) bond motifs is 2. The lowest BCUT2D eigenvalue weighted by Gasteiger charge is -2.59. The summed E-state index contributed by atoms with van der Waals surface area (Å²) in [7, 11) is 3.06. The van der Waals surface area contributed by atoms with Gasteiger partial charge in [-0.25, -0.2) is 9.59 Å². The summed E-state index contributed by atoms with van der Waals surface area (Å²) in [4.78, 5) is 45.0. The van der Waals surface area contributed by atoms with Crippen molar-refractivity contribution in [3.05, 3.63) is 82.4 Å². The van der Waals surface area contributed by atoms with Crippen molar-refractivity contribution in [1.82, 2.24) is 10.2 Å². The Morgan fingerprint density at radius 2 is 1.59 bits per heavy atom. The van der Waals surface area contributed by atoms with Crippen LogP contribution >= 0.6 is 0 Å². The van der Waals surface area contributed by atoms with E-state index in [4.69, 9.17) is 23.8 Å². The third kappa shape index (κ3) is 12.8. The summed E-state index contributed by atoms with van der Waals surface area (Å²) < 4.78 is 25.7. The van der Waals surface area contributed by atoms with Gasteiger partial charge < -0.3 is 44.2 Å². The van der Waals surface area contributed by atoms with Gasteiger partial charge in [0, 0.05) is 56.8 Å². The SMILES string of the molecule is C=CCOC12Oc3ccc(OC(=O)NCCCCCCCCCCCC)cc3C3C(CCCCO)C(CCCCO)C=C(C(=NOC)CC1N(C)C(=O)Oc1ccc([N+](=O)[O-])cc1)C32. The monoisotopic (exact) mass is 891 g/mol. The number of amides is 2. The predicted octanol–water partition coefficient (Wildman–Crippen LogP) is 10.00. The van der Waals surface area contributed by atoms with Crippen molar-refractivity contribution < 1.29 is 48.5 Å². The third-order valence-electron chi connectivity index (χ3n) is 12.9. The van der Waals surface area contributed by atoms with Crippen molar-refractivity contribution in [2.45, 2.75) is 134 Å². The Morgan fingerprint density at radius 3 is 2.23 bits per heavy atom. The molecular formula is C49H70N4O11. The lowest BCUT2D eigenvalue weighted by atomic mass is 9.55. The van der Waals surface area contributed by atoms with Crippen LogP contribution in [-0.4, -0.2) is 90.3 Å². The Bertz CT molecular complexity index is 1890. The second kappa shape index (κ2) is 25.5. The fourth-order valence-corrected chi connectivity index (χ4v) is 9.78. The zero-order chi connectivity index (χ0) is 45.9. The van der Waals surface area contributed by atoms with E-state index in [-0.39, 0.29) is 55.4 Å². The molecule has 3 N–H and O–H groups in total. The minimum Gasteiger partial charge on any atom is -0.459 e. The number of nitrogens with zero attached hydrogens (tertiary/aromatic N) is 3. The smallest absolute Gasteiger partial charge is 0.415 e. The van der Waals surface area contributed by atoms with Gasteiger partial charge in [-0.3, -0.25) is 10.1 Å². The molecule has 1 aliphatic heterocycles. The summed E-state index contributed by atoms with van der Waals surface area (Å²) in [5.41, 5.74) is 2.12. The van der Waals surface area contributed by atoms with E-state index in [0.717, 1.165) is 56.1 Å². The molecule has 1 saturated carbocycles. The predicted molar refractivity (Wildman–Crippen MR) is 245 cm³/mol. The van der Waals surface area contributed by atoms with Crippen LogP contribution in [0.3, 0.4) is 0 Å². The molecule has 2 aromatic carbocycles. The molecule has 2 aromatic rings. The number of aliphatic hydroxyl groups excluding tert-OH is 2. The molecule has 0 radical (unpaired) electrons. The molecule has 6 unspecified atom stereocenters. The van der Waals surface area contributed by atoms with Crippen molar-refractivity contribution in [2.24, 2.45) is 22.9 Å². The largest absolute Gasteiger partial charge is 0.459 e. The number of ether oxygens (including phenoxy) is 4. The normalized spacial score (nSPS) is 22.6. The fraction of sp³-hybridized carbons (Fsp3) is 0.612. The first-order valence-electron chi connectivity index (χ1n) is 23.4. The van der Waals surface area contributed by atoms with Crippen molar-refractivity contribution in [2.75, 3.05) is 40.5 Å². The molecule has 3 aliphatic rings. The van der Waals surface area contributed by atoms with Gasteiger partial charge in [-0.1, -0.05) is 94.9 Å². The van der Waals surface area contributed by atoms with Crippen molar-refractivity contribution in [3.8, 4) is 17.2 Å². The van der Waals surface area contributed by atoms with Gasteiger partial charge in [0.1, 0.15) is 30.4 Å². The highest BCUT2D eigenvalue weighted by atomic mass is 16.7. The molecule has 1 fully saturated rings. The summed E-state index contributed by atoms with van der Waals surface area (Å²) in [6.45, 7) is 6.87. The molecule has 15 nitrogen and oxygen atoms in total. The Labute approximate surface area is 378 Å². The number of likely N-dealkylation sites (N-methyl/N-ethyl adjacent to an activating group) is 1. The van der Waals surface area contributed by atoms with Crippen LogP contribution in [0, 0.1) is 27.9 Å². The molecule has 0 spiro atoms. The van der Waals surface area contributed by atoms with Gasteiger partial charge in [-0.05, 0) is 79.8 Å². The number of rotatable bonds is 27. The maximum Gasteiger partial charge on any atom is 0.415 e. The number of aliphatic hydroxyl groups is 2. The van der Waals surface area contributed by atoms with E-state index >= 15 is 0 Å². The number of carbonyl (C=O) groups is 2. The molecule has 0 saturated heterocycles. The molecule has 0 aromatic heterocycles. The van der Waals surface area contributed by atoms with E-state index in [1.165, 1.54) is 81.2 Å². The third-order valence-corrected chi connectivity index (χ3v) is 12.9. The van der Waals surface area contributed by atoms with Crippen LogP contribution in [-0.2, 0) is 9.57 Å². The topological polar surface area (TPSA) is 192 Å². The molecule has 6 atom stereocenters. The Morgan fingerprint density at radius 1 is 0.938 bits per heavy atom. The quantitative estimate of drug-likeness (QED) is 0.0335. The van der Waals surface area contributed by atoms with Crippen molar-refractivity contribution >= 4 is 23.6 Å². The van der Waals surface area contributed by atoms with Crippen LogP contribution in [0.25, 0.3) is 0 Å². The van der Waals surface area contributed by atoms with E-state index in [2.05, 4.69) is 30.1 Å². The highest BCUT2D eigenvalue weighted by Crippen LogP contribution is 2.61. The Hall–Kier alpha value is -4.99. The summed E-state index contributed by atoms with van der Waals surface area (Å²) in [5, 5.41) is 38.5. The van der Waals surface area contributed by atoms with E-state index in [9.17, 15) is 29.9 Å². The minimum absolute atomic E-state index is 0.0157. The van der Waals surface area contributed by atoms with E-state index in [1.54, 1.807) is 25.3 Å². The average molecular weight is 891 g/mol. The van der Waals surface area contributed by atoms with Gasteiger partial charge in [0.05, 0.1) is 23.2 Å². The standard InChI is InChI=1S/C49H70N4O11/c1-5-7-8-9-10-11-12-13-14-17-28-50-47(56)62-38-26-27-43-41(33-38)45-39(21-16-19-30-55)35(20-15-18-29-54)32-40-42(51-60-4)34-44(49(64-43,46(40)45)61-31-6-2)52(3)48(57)63-37-24-22-36(23-25-37)53(58)59/h6,22-27,32-33,35,39,44-46,54-55H,2,5,7-21,28-31,34H2,1,3-4H3,(H,50,56). The number of hydrogen-bond acceptors (Lipinski definition) is 12. The van der Waals surface area contributed by atoms with Crippen LogP contribution < -0.4 is 19.5 Å². The number of nitrogens with one attached hydrogen (secondary N) is 1. The first kappa shape index (κ1) is 50.0. The van der Waals surface area contributed by atoms with Gasteiger partial charge in [0.2, 0.25) is 5.79 Å². The number of benzene rings is 2. The van der Waals surface area contributed by atoms with E-state index in [0.29, 0.717) is 36.6 Å². The number of hydrogen-bond donors (Lipinski definition) is 3. The molecule has 15 heteroatoms. The summed E-state index contributed by atoms with van der Waals surface area (Å²) in [5.74, 6) is -1.47. The van der Waals surface area contributed by atoms with Gasteiger partial charge in [0.15, 0.2) is 0 Å². The highest BCUT2D eigenvalue weighted by Gasteiger charge is 2.65.